The number of para-hydroxylation sites is 1. The van der Waals surface area contributed by atoms with Crippen LogP contribution in [0.2, 0.25) is 0 Å². The number of rotatable bonds is 5. The predicted octanol–water partition coefficient (Wildman–Crippen LogP) is 2.52. The van der Waals surface area contributed by atoms with Crippen molar-refractivity contribution in [2.24, 2.45) is 7.05 Å². The van der Waals surface area contributed by atoms with Gasteiger partial charge in [-0.05, 0) is 11.6 Å². The minimum Gasteiger partial charge on any atom is -0.384 e. The van der Waals surface area contributed by atoms with E-state index in [1.807, 2.05) is 29.9 Å². The molecule has 1 aliphatic rings. The number of imidazole rings is 1. The number of Topliss-reactive ketones (excluding diaryl/α,β-unsaturated/α-hetero) is 1. The van der Waals surface area contributed by atoms with E-state index < -0.39 is 0 Å². The highest BCUT2D eigenvalue weighted by Gasteiger charge is 2.23. The number of fused-ring (bicyclic) bond motifs is 1. The van der Waals surface area contributed by atoms with Gasteiger partial charge in [-0.15, -0.1) is 0 Å². The fourth-order valence-corrected chi connectivity index (χ4v) is 2.80. The van der Waals surface area contributed by atoms with Crippen molar-refractivity contribution in [1.29, 1.82) is 0 Å². The fourth-order valence-electron chi connectivity index (χ4n) is 2.80. The van der Waals surface area contributed by atoms with Crippen LogP contribution in [0.25, 0.3) is 0 Å². The SMILES string of the molecule is Cn1ccnc1CCC(=O)CC1CNc2ccccc21. The second-order valence-electron chi connectivity index (χ2n) is 5.36. The highest BCUT2D eigenvalue weighted by atomic mass is 16.1. The molecule has 0 radical (unpaired) electrons. The minimum absolute atomic E-state index is 0.316. The molecule has 104 valence electrons. The number of aryl methyl sites for hydroxylation is 2. The third kappa shape index (κ3) is 2.59. The number of benzene rings is 1. The maximum absolute atomic E-state index is 12.2. The molecule has 0 spiro atoms. The van der Waals surface area contributed by atoms with Gasteiger partial charge in [0.25, 0.3) is 0 Å². The summed E-state index contributed by atoms with van der Waals surface area (Å²) in [5.41, 5.74) is 2.45. The van der Waals surface area contributed by atoms with Gasteiger partial charge in [0, 0.05) is 56.9 Å². The van der Waals surface area contributed by atoms with E-state index in [-0.39, 0.29) is 0 Å². The number of carbonyl (C=O) groups excluding carboxylic acids is 1. The Hall–Kier alpha value is -2.10. The van der Waals surface area contributed by atoms with Crippen LogP contribution in [-0.2, 0) is 18.3 Å². The van der Waals surface area contributed by atoms with Crippen molar-refractivity contribution < 1.29 is 4.79 Å². The second kappa shape index (κ2) is 5.49. The number of aromatic nitrogens is 2. The second-order valence-corrected chi connectivity index (χ2v) is 5.36. The van der Waals surface area contributed by atoms with E-state index in [9.17, 15) is 4.79 Å². The van der Waals surface area contributed by atoms with Crippen LogP contribution in [0.4, 0.5) is 5.69 Å². The van der Waals surface area contributed by atoms with Gasteiger partial charge in [-0.25, -0.2) is 4.98 Å². The zero-order valence-corrected chi connectivity index (χ0v) is 11.7. The first-order chi connectivity index (χ1) is 9.74. The Morgan fingerprint density at radius 2 is 2.30 bits per heavy atom. The monoisotopic (exact) mass is 269 g/mol. The highest BCUT2D eigenvalue weighted by molar-refractivity contribution is 5.80. The largest absolute Gasteiger partial charge is 0.384 e. The predicted molar refractivity (Wildman–Crippen MR) is 78.8 cm³/mol. The van der Waals surface area contributed by atoms with Gasteiger partial charge in [0.2, 0.25) is 0 Å². The number of carbonyl (C=O) groups is 1. The maximum Gasteiger partial charge on any atom is 0.134 e. The lowest BCUT2D eigenvalue weighted by Crippen LogP contribution is -2.11. The topological polar surface area (TPSA) is 46.9 Å². The third-order valence-electron chi connectivity index (χ3n) is 3.96. The van der Waals surface area contributed by atoms with Gasteiger partial charge in [-0.2, -0.15) is 0 Å². The van der Waals surface area contributed by atoms with Crippen LogP contribution < -0.4 is 5.32 Å². The van der Waals surface area contributed by atoms with Crippen LogP contribution in [0, 0.1) is 0 Å². The molecule has 4 heteroatoms. The van der Waals surface area contributed by atoms with Crippen LogP contribution in [0.15, 0.2) is 36.7 Å². The number of nitrogens with zero attached hydrogens (tertiary/aromatic N) is 2. The van der Waals surface area contributed by atoms with Gasteiger partial charge in [0.05, 0.1) is 0 Å². The normalized spacial score (nSPS) is 16.8. The third-order valence-corrected chi connectivity index (χ3v) is 3.96. The summed E-state index contributed by atoms with van der Waals surface area (Å²) in [6.07, 6.45) is 5.61. The van der Waals surface area contributed by atoms with E-state index in [1.165, 1.54) is 11.3 Å². The fraction of sp³-hybridized carbons (Fsp3) is 0.375. The van der Waals surface area contributed by atoms with Crippen molar-refractivity contribution in [1.82, 2.24) is 9.55 Å². The Balaban J connectivity index is 1.57. The van der Waals surface area contributed by atoms with Crippen LogP contribution in [0.3, 0.4) is 0 Å². The van der Waals surface area contributed by atoms with Gasteiger partial charge in [0.1, 0.15) is 11.6 Å². The summed E-state index contributed by atoms with van der Waals surface area (Å²) in [5, 5.41) is 3.37. The quantitative estimate of drug-likeness (QED) is 0.907. The average molecular weight is 269 g/mol. The molecular formula is C16H19N3O. The lowest BCUT2D eigenvalue weighted by Gasteiger charge is -2.09. The molecule has 4 nitrogen and oxygen atoms in total. The molecule has 1 N–H and O–H groups in total. The van der Waals surface area contributed by atoms with Crippen LogP contribution in [0.1, 0.15) is 30.1 Å². The number of hydrogen-bond donors (Lipinski definition) is 1. The standard InChI is InChI=1S/C16H19N3O/c1-19-9-8-17-16(19)7-6-13(20)10-12-11-18-15-5-3-2-4-14(12)15/h2-5,8-9,12,18H,6-7,10-11H2,1H3. The molecule has 2 aromatic rings. The van der Waals surface area contributed by atoms with Crippen molar-refractivity contribution in [3.05, 3.63) is 48.0 Å². The zero-order valence-electron chi connectivity index (χ0n) is 11.7. The van der Waals surface area contributed by atoms with E-state index in [0.717, 1.165) is 18.8 Å². The van der Waals surface area contributed by atoms with Crippen LogP contribution in [0.5, 0.6) is 0 Å². The molecule has 0 amide bonds. The van der Waals surface area contributed by atoms with E-state index >= 15 is 0 Å². The summed E-state index contributed by atoms with van der Waals surface area (Å²) in [6.45, 7) is 0.869. The van der Waals surface area contributed by atoms with Gasteiger partial charge >= 0.3 is 0 Å². The lowest BCUT2D eigenvalue weighted by atomic mass is 9.94. The van der Waals surface area contributed by atoms with Crippen LogP contribution >= 0.6 is 0 Å². The Morgan fingerprint density at radius 1 is 1.45 bits per heavy atom. The van der Waals surface area contributed by atoms with Crippen molar-refractivity contribution in [3.8, 4) is 0 Å². The molecular weight excluding hydrogens is 250 g/mol. The molecule has 3 rings (SSSR count). The molecule has 0 fully saturated rings. The van der Waals surface area contributed by atoms with Crippen molar-refractivity contribution in [3.63, 3.8) is 0 Å². The van der Waals surface area contributed by atoms with Crippen molar-refractivity contribution in [2.75, 3.05) is 11.9 Å². The smallest absolute Gasteiger partial charge is 0.134 e. The number of hydrogen-bond acceptors (Lipinski definition) is 3. The van der Waals surface area contributed by atoms with Gasteiger partial charge in [-0.3, -0.25) is 4.79 Å². The molecule has 0 saturated heterocycles. The molecule has 20 heavy (non-hydrogen) atoms. The van der Waals surface area contributed by atoms with Crippen molar-refractivity contribution in [2.45, 2.75) is 25.2 Å². The molecule has 0 bridgehead atoms. The van der Waals surface area contributed by atoms with Gasteiger partial charge < -0.3 is 9.88 Å². The number of anilines is 1. The van der Waals surface area contributed by atoms with E-state index in [0.29, 0.717) is 24.5 Å². The summed E-state index contributed by atoms with van der Waals surface area (Å²) >= 11 is 0. The first-order valence-corrected chi connectivity index (χ1v) is 7.05. The van der Waals surface area contributed by atoms with E-state index in [2.05, 4.69) is 22.4 Å². The molecule has 1 aromatic heterocycles. The molecule has 1 aliphatic heterocycles. The Bertz CT molecular complexity index is 618. The summed E-state index contributed by atoms with van der Waals surface area (Å²) in [6, 6.07) is 8.26. The molecule has 1 unspecified atom stereocenters. The highest BCUT2D eigenvalue weighted by Crippen LogP contribution is 2.33. The summed E-state index contributed by atoms with van der Waals surface area (Å²) in [4.78, 5) is 16.4. The maximum atomic E-state index is 12.2. The Labute approximate surface area is 118 Å². The Kier molecular flexibility index (Phi) is 3.54. The molecule has 1 atom stereocenters. The number of nitrogens with one attached hydrogen (secondary N) is 1. The average Bonchev–Trinajstić information content (AvgIpc) is 3.04. The minimum atomic E-state index is 0.316. The molecule has 0 saturated carbocycles. The van der Waals surface area contributed by atoms with Gasteiger partial charge in [0.15, 0.2) is 0 Å². The van der Waals surface area contributed by atoms with E-state index in [1.54, 1.807) is 6.20 Å². The molecule has 0 aliphatic carbocycles. The van der Waals surface area contributed by atoms with Crippen LogP contribution in [-0.4, -0.2) is 21.9 Å². The molecule has 2 heterocycles. The number of ketones is 1. The zero-order chi connectivity index (χ0) is 13.9. The first kappa shape index (κ1) is 12.9. The summed E-state index contributed by atoms with van der Waals surface area (Å²) < 4.78 is 1.97. The van der Waals surface area contributed by atoms with Gasteiger partial charge in [-0.1, -0.05) is 18.2 Å². The molecule has 1 aromatic carbocycles. The lowest BCUT2D eigenvalue weighted by molar-refractivity contribution is -0.119. The summed E-state index contributed by atoms with van der Waals surface area (Å²) in [7, 11) is 1.96. The van der Waals surface area contributed by atoms with E-state index in [4.69, 9.17) is 0 Å². The van der Waals surface area contributed by atoms with Crippen molar-refractivity contribution >= 4 is 11.5 Å². The first-order valence-electron chi connectivity index (χ1n) is 7.05. The summed E-state index contributed by atoms with van der Waals surface area (Å²) in [5.74, 6) is 1.61. The Morgan fingerprint density at radius 3 is 3.10 bits per heavy atom.